The van der Waals surface area contributed by atoms with Crippen LogP contribution in [0.5, 0.6) is 5.75 Å². The highest BCUT2D eigenvalue weighted by Crippen LogP contribution is 2.37. The van der Waals surface area contributed by atoms with E-state index < -0.39 is 0 Å². The predicted octanol–water partition coefficient (Wildman–Crippen LogP) is 4.92. The highest BCUT2D eigenvalue weighted by Gasteiger charge is 2.27. The van der Waals surface area contributed by atoms with E-state index in [9.17, 15) is 0 Å². The van der Waals surface area contributed by atoms with Crippen molar-refractivity contribution in [3.63, 3.8) is 0 Å². The monoisotopic (exact) mass is 367 g/mol. The zero-order chi connectivity index (χ0) is 17.9. The zero-order valence-electron chi connectivity index (χ0n) is 14.5. The van der Waals surface area contributed by atoms with Crippen molar-refractivity contribution in [2.75, 3.05) is 0 Å². The summed E-state index contributed by atoms with van der Waals surface area (Å²) >= 11 is 6.40. The van der Waals surface area contributed by atoms with E-state index in [1.165, 1.54) is 0 Å². The van der Waals surface area contributed by atoms with E-state index >= 15 is 0 Å². The van der Waals surface area contributed by atoms with Gasteiger partial charge < -0.3 is 10.5 Å². The number of halogens is 1. The Kier molecular flexibility index (Phi) is 5.05. The van der Waals surface area contributed by atoms with E-state index in [0.717, 1.165) is 47.8 Å². The molecule has 4 nitrogen and oxygen atoms in total. The average molecular weight is 368 g/mol. The molecule has 5 heteroatoms. The molecule has 134 valence electrons. The maximum Gasteiger partial charge on any atom is 0.138 e. The molecule has 4 rings (SSSR count). The van der Waals surface area contributed by atoms with Gasteiger partial charge in [-0.1, -0.05) is 11.6 Å². The first kappa shape index (κ1) is 17.3. The van der Waals surface area contributed by atoms with Crippen LogP contribution in [0.2, 0.25) is 5.02 Å². The number of ether oxygens (including phenoxy) is 1. The van der Waals surface area contributed by atoms with Crippen molar-refractivity contribution < 1.29 is 4.74 Å². The molecule has 0 saturated heterocycles. The maximum atomic E-state index is 6.46. The largest absolute Gasteiger partial charge is 0.489 e. The first-order valence-corrected chi connectivity index (χ1v) is 9.44. The van der Waals surface area contributed by atoms with E-state index in [1.54, 1.807) is 18.6 Å². The lowest BCUT2D eigenvalue weighted by atomic mass is 9.80. The summed E-state index contributed by atoms with van der Waals surface area (Å²) in [5.41, 5.74) is 7.62. The van der Waals surface area contributed by atoms with E-state index in [4.69, 9.17) is 22.1 Å². The third-order valence-electron chi connectivity index (χ3n) is 5.30. The van der Waals surface area contributed by atoms with Gasteiger partial charge in [-0.2, -0.15) is 0 Å². The molecule has 2 heterocycles. The van der Waals surface area contributed by atoms with Gasteiger partial charge >= 0.3 is 0 Å². The SMILES string of the molecule is NC(c1ccncc1)C1CCC(Oc2cc3ccncc3cc2Cl)CC1. The Morgan fingerprint density at radius 3 is 2.46 bits per heavy atom. The topological polar surface area (TPSA) is 61.0 Å². The van der Waals surface area contributed by atoms with Crippen molar-refractivity contribution in [2.24, 2.45) is 11.7 Å². The highest BCUT2D eigenvalue weighted by atomic mass is 35.5. The lowest BCUT2D eigenvalue weighted by molar-refractivity contribution is 0.123. The number of nitrogens with zero attached hydrogens (tertiary/aromatic N) is 2. The Labute approximate surface area is 158 Å². The molecule has 0 radical (unpaired) electrons. The molecule has 1 unspecified atom stereocenters. The molecule has 0 amide bonds. The highest BCUT2D eigenvalue weighted by molar-refractivity contribution is 6.32. The molecule has 2 N–H and O–H groups in total. The molecule has 1 aliphatic rings. The summed E-state index contributed by atoms with van der Waals surface area (Å²) in [4.78, 5) is 8.20. The van der Waals surface area contributed by atoms with Gasteiger partial charge in [0, 0.05) is 36.2 Å². The van der Waals surface area contributed by atoms with Crippen LogP contribution in [0.25, 0.3) is 10.8 Å². The van der Waals surface area contributed by atoms with E-state index in [-0.39, 0.29) is 12.1 Å². The van der Waals surface area contributed by atoms with Gasteiger partial charge in [-0.15, -0.1) is 0 Å². The second-order valence-electron chi connectivity index (χ2n) is 6.97. The molecule has 2 aromatic heterocycles. The van der Waals surface area contributed by atoms with E-state index in [1.807, 2.05) is 36.5 Å². The maximum absolute atomic E-state index is 6.46. The Hall–Kier alpha value is -2.17. The molecule has 0 spiro atoms. The number of rotatable bonds is 4. The summed E-state index contributed by atoms with van der Waals surface area (Å²) in [7, 11) is 0. The van der Waals surface area contributed by atoms with Gasteiger partial charge in [0.1, 0.15) is 5.75 Å². The lowest BCUT2D eigenvalue weighted by Crippen LogP contribution is -2.30. The first-order chi connectivity index (χ1) is 12.7. The molecule has 3 aromatic rings. The number of fused-ring (bicyclic) bond motifs is 1. The summed E-state index contributed by atoms with van der Waals surface area (Å²) in [6.45, 7) is 0. The van der Waals surface area contributed by atoms with Crippen molar-refractivity contribution in [3.8, 4) is 5.75 Å². The number of hydrogen-bond donors (Lipinski definition) is 1. The summed E-state index contributed by atoms with van der Waals surface area (Å²) < 4.78 is 6.22. The van der Waals surface area contributed by atoms with Crippen molar-refractivity contribution in [3.05, 3.63) is 65.7 Å². The molecule has 0 bridgehead atoms. The van der Waals surface area contributed by atoms with Crippen LogP contribution in [0, 0.1) is 5.92 Å². The quantitative estimate of drug-likeness (QED) is 0.710. The third-order valence-corrected chi connectivity index (χ3v) is 5.60. The molecule has 0 aliphatic heterocycles. The number of aromatic nitrogens is 2. The Balaban J connectivity index is 1.40. The zero-order valence-corrected chi connectivity index (χ0v) is 15.3. The van der Waals surface area contributed by atoms with Gasteiger partial charge in [0.05, 0.1) is 11.1 Å². The molecular formula is C21H22ClN3O. The average Bonchev–Trinajstić information content (AvgIpc) is 2.69. The first-order valence-electron chi connectivity index (χ1n) is 9.06. The minimum Gasteiger partial charge on any atom is -0.489 e. The fraction of sp³-hybridized carbons (Fsp3) is 0.333. The van der Waals surface area contributed by atoms with E-state index in [0.29, 0.717) is 10.9 Å². The van der Waals surface area contributed by atoms with Crippen molar-refractivity contribution >= 4 is 22.4 Å². The normalized spacial score (nSPS) is 21.5. The van der Waals surface area contributed by atoms with Crippen LogP contribution >= 0.6 is 11.6 Å². The van der Waals surface area contributed by atoms with Gasteiger partial charge in [0.25, 0.3) is 0 Å². The minimum absolute atomic E-state index is 0.0655. The molecule has 1 aliphatic carbocycles. The van der Waals surface area contributed by atoms with Crippen molar-refractivity contribution in [1.29, 1.82) is 0 Å². The van der Waals surface area contributed by atoms with E-state index in [2.05, 4.69) is 9.97 Å². The van der Waals surface area contributed by atoms with Crippen molar-refractivity contribution in [1.82, 2.24) is 9.97 Å². The number of pyridine rings is 2. The molecular weight excluding hydrogens is 346 g/mol. The van der Waals surface area contributed by atoms with Crippen LogP contribution in [0.15, 0.2) is 55.1 Å². The second kappa shape index (κ2) is 7.60. The van der Waals surface area contributed by atoms with Gasteiger partial charge in [-0.25, -0.2) is 0 Å². The molecule has 1 fully saturated rings. The fourth-order valence-electron chi connectivity index (χ4n) is 3.78. The fourth-order valence-corrected chi connectivity index (χ4v) is 4.00. The van der Waals surface area contributed by atoms with Gasteiger partial charge in [-0.3, -0.25) is 9.97 Å². The Morgan fingerprint density at radius 1 is 0.962 bits per heavy atom. The number of benzene rings is 1. The molecule has 1 atom stereocenters. The lowest BCUT2D eigenvalue weighted by Gasteiger charge is -2.32. The summed E-state index contributed by atoms with van der Waals surface area (Å²) in [6.07, 6.45) is 11.5. The van der Waals surface area contributed by atoms with Crippen LogP contribution in [0.1, 0.15) is 37.3 Å². The predicted molar refractivity (Wildman–Crippen MR) is 104 cm³/mol. The molecule has 1 saturated carbocycles. The van der Waals surface area contributed by atoms with Gasteiger partial charge in [0.2, 0.25) is 0 Å². The molecule has 1 aromatic carbocycles. The third kappa shape index (κ3) is 3.67. The van der Waals surface area contributed by atoms with Gasteiger partial charge in [-0.05, 0) is 72.9 Å². The summed E-state index contributed by atoms with van der Waals surface area (Å²) in [5.74, 6) is 1.24. The molecule has 26 heavy (non-hydrogen) atoms. The Bertz CT molecular complexity index is 879. The van der Waals surface area contributed by atoms with Crippen LogP contribution in [-0.2, 0) is 0 Å². The number of nitrogens with two attached hydrogens (primary N) is 1. The standard InChI is InChI=1S/C21H22ClN3O/c22-19-11-17-13-25-10-7-16(17)12-20(19)26-18-3-1-14(2-4-18)21(23)15-5-8-24-9-6-15/h5-14,18,21H,1-4,23H2. The number of hydrogen-bond acceptors (Lipinski definition) is 4. The summed E-state index contributed by atoms with van der Waals surface area (Å²) in [6, 6.07) is 9.99. The van der Waals surface area contributed by atoms with Gasteiger partial charge in [0.15, 0.2) is 0 Å². The van der Waals surface area contributed by atoms with Crippen LogP contribution in [-0.4, -0.2) is 16.1 Å². The Morgan fingerprint density at radius 2 is 1.69 bits per heavy atom. The smallest absolute Gasteiger partial charge is 0.138 e. The van der Waals surface area contributed by atoms with Crippen LogP contribution in [0.4, 0.5) is 0 Å². The van der Waals surface area contributed by atoms with Crippen molar-refractivity contribution in [2.45, 2.75) is 37.8 Å². The summed E-state index contributed by atoms with van der Waals surface area (Å²) in [5, 5.41) is 2.76. The van der Waals surface area contributed by atoms with Crippen LogP contribution < -0.4 is 10.5 Å². The second-order valence-corrected chi connectivity index (χ2v) is 7.37. The minimum atomic E-state index is 0.0655. The van der Waals surface area contributed by atoms with Crippen LogP contribution in [0.3, 0.4) is 0 Å².